The van der Waals surface area contributed by atoms with Gasteiger partial charge in [0.1, 0.15) is 6.10 Å². The summed E-state index contributed by atoms with van der Waals surface area (Å²) in [6, 6.07) is -0.803. The molecule has 336 valence electrons. The maximum atomic E-state index is 12.5. The third-order valence-corrected chi connectivity index (χ3v) is 12.5. The third-order valence-electron chi connectivity index (χ3n) is 12.5. The van der Waals surface area contributed by atoms with Crippen molar-refractivity contribution in [1.82, 2.24) is 5.32 Å². The number of aliphatic hydroxyl groups excluding tert-OH is 3. The van der Waals surface area contributed by atoms with E-state index in [0.29, 0.717) is 12.8 Å². The van der Waals surface area contributed by atoms with Crippen molar-refractivity contribution in [2.75, 3.05) is 6.61 Å². The summed E-state index contributed by atoms with van der Waals surface area (Å²) in [4.78, 5) is 12.5. The monoisotopic (exact) mass is 794 g/mol. The summed E-state index contributed by atoms with van der Waals surface area (Å²) in [5.41, 5.74) is 0. The van der Waals surface area contributed by atoms with Gasteiger partial charge in [-0.2, -0.15) is 0 Å². The summed E-state index contributed by atoms with van der Waals surface area (Å²) in [6.07, 6.45) is 55.3. The van der Waals surface area contributed by atoms with Crippen LogP contribution in [-0.4, -0.2) is 46.1 Å². The molecule has 3 atom stereocenters. The van der Waals surface area contributed by atoms with Crippen molar-refractivity contribution >= 4 is 5.91 Å². The van der Waals surface area contributed by atoms with Gasteiger partial charge in [0.2, 0.25) is 5.91 Å². The topological polar surface area (TPSA) is 89.8 Å². The molecule has 0 fully saturated rings. The molecule has 0 aromatic carbocycles. The molecular formula is C51H103NO4. The number of carbonyl (C=O) groups is 1. The molecule has 4 N–H and O–H groups in total. The van der Waals surface area contributed by atoms with Crippen LogP contribution in [0.25, 0.3) is 0 Å². The second kappa shape index (κ2) is 47.0. The molecule has 0 aliphatic heterocycles. The summed E-state index contributed by atoms with van der Waals surface area (Å²) in [5, 5.41) is 33.6. The predicted octanol–water partition coefficient (Wildman–Crippen LogP) is 15.4. The van der Waals surface area contributed by atoms with Crippen molar-refractivity contribution < 1.29 is 20.1 Å². The van der Waals surface area contributed by atoms with Gasteiger partial charge < -0.3 is 20.6 Å². The van der Waals surface area contributed by atoms with Gasteiger partial charge in [-0.3, -0.25) is 4.79 Å². The number of carbonyl (C=O) groups excluding carboxylic acids is 1. The van der Waals surface area contributed by atoms with Gasteiger partial charge in [-0.05, 0) is 12.8 Å². The van der Waals surface area contributed by atoms with Crippen molar-refractivity contribution in [2.24, 2.45) is 0 Å². The fraction of sp³-hybridized carbons (Fsp3) is 0.980. The quantitative estimate of drug-likeness (QED) is 0.0462. The van der Waals surface area contributed by atoms with Gasteiger partial charge >= 0.3 is 0 Å². The zero-order valence-corrected chi connectivity index (χ0v) is 38.3. The number of aliphatic hydroxyl groups is 3. The van der Waals surface area contributed by atoms with Crippen LogP contribution in [0, 0.1) is 0 Å². The lowest BCUT2D eigenvalue weighted by atomic mass is 9.99. The minimum atomic E-state index is -1.13. The second-order valence-electron chi connectivity index (χ2n) is 18.1. The van der Waals surface area contributed by atoms with Crippen molar-refractivity contribution in [3.05, 3.63) is 0 Å². The van der Waals surface area contributed by atoms with E-state index in [9.17, 15) is 20.1 Å². The number of nitrogens with one attached hydrogen (secondary N) is 1. The smallest absolute Gasteiger partial charge is 0.220 e. The molecule has 0 heterocycles. The maximum absolute atomic E-state index is 12.5. The average Bonchev–Trinajstić information content (AvgIpc) is 3.20. The summed E-state index contributed by atoms with van der Waals surface area (Å²) in [5.74, 6) is -0.138. The molecule has 0 rings (SSSR count). The number of hydrogen-bond acceptors (Lipinski definition) is 4. The SMILES string of the molecule is CCCCCCCCCCCCCCCCCCCCCCCCCCCCCCCC(=O)NC(CO)C(O)C(O)CCCCCCCCCCCCCCC. The Morgan fingerprint density at radius 1 is 0.375 bits per heavy atom. The molecule has 0 spiro atoms. The van der Waals surface area contributed by atoms with Crippen molar-refractivity contribution in [3.63, 3.8) is 0 Å². The van der Waals surface area contributed by atoms with E-state index >= 15 is 0 Å². The Hall–Kier alpha value is -0.650. The molecule has 0 bridgehead atoms. The number of amides is 1. The summed E-state index contributed by atoms with van der Waals surface area (Å²) in [7, 11) is 0. The van der Waals surface area contributed by atoms with Gasteiger partial charge in [0.25, 0.3) is 0 Å². The first-order valence-corrected chi connectivity index (χ1v) is 25.8. The first-order chi connectivity index (χ1) is 27.6. The molecule has 0 aliphatic carbocycles. The summed E-state index contributed by atoms with van der Waals surface area (Å²) < 4.78 is 0. The highest BCUT2D eigenvalue weighted by molar-refractivity contribution is 5.76. The zero-order valence-electron chi connectivity index (χ0n) is 38.3. The van der Waals surface area contributed by atoms with Crippen LogP contribution in [0.5, 0.6) is 0 Å². The van der Waals surface area contributed by atoms with Gasteiger partial charge in [-0.25, -0.2) is 0 Å². The minimum absolute atomic E-state index is 0.138. The first kappa shape index (κ1) is 55.4. The van der Waals surface area contributed by atoms with Crippen molar-refractivity contribution in [3.8, 4) is 0 Å². The molecule has 0 saturated carbocycles. The molecule has 5 heteroatoms. The van der Waals surface area contributed by atoms with Crippen LogP contribution in [-0.2, 0) is 4.79 Å². The second-order valence-corrected chi connectivity index (χ2v) is 18.1. The van der Waals surface area contributed by atoms with Gasteiger partial charge in [0.05, 0.1) is 18.8 Å². The van der Waals surface area contributed by atoms with Crippen LogP contribution in [0.2, 0.25) is 0 Å². The van der Waals surface area contributed by atoms with E-state index in [4.69, 9.17) is 0 Å². The van der Waals surface area contributed by atoms with Gasteiger partial charge in [-0.15, -0.1) is 0 Å². The van der Waals surface area contributed by atoms with Crippen LogP contribution in [0.3, 0.4) is 0 Å². The first-order valence-electron chi connectivity index (χ1n) is 25.8. The minimum Gasteiger partial charge on any atom is -0.394 e. The average molecular weight is 794 g/mol. The fourth-order valence-corrected chi connectivity index (χ4v) is 8.46. The van der Waals surface area contributed by atoms with Gasteiger partial charge in [-0.1, -0.05) is 277 Å². The Labute approximate surface area is 351 Å². The lowest BCUT2D eigenvalue weighted by Crippen LogP contribution is -2.50. The van der Waals surface area contributed by atoms with Crippen LogP contribution in [0.15, 0.2) is 0 Å². The number of unbranched alkanes of at least 4 members (excludes halogenated alkanes) is 40. The lowest BCUT2D eigenvalue weighted by Gasteiger charge is -2.26. The molecule has 0 aromatic rings. The highest BCUT2D eigenvalue weighted by atomic mass is 16.3. The molecule has 0 aromatic heterocycles. The highest BCUT2D eigenvalue weighted by Gasteiger charge is 2.26. The van der Waals surface area contributed by atoms with Crippen LogP contribution in [0.4, 0.5) is 0 Å². The third kappa shape index (κ3) is 41.5. The molecule has 0 radical (unpaired) electrons. The van der Waals surface area contributed by atoms with E-state index in [0.717, 1.165) is 32.1 Å². The Kier molecular flexibility index (Phi) is 46.5. The van der Waals surface area contributed by atoms with E-state index in [2.05, 4.69) is 19.2 Å². The van der Waals surface area contributed by atoms with Crippen LogP contribution in [0.1, 0.15) is 296 Å². The number of rotatable bonds is 48. The Bertz CT molecular complexity index is 747. The maximum Gasteiger partial charge on any atom is 0.220 e. The Morgan fingerprint density at radius 2 is 0.607 bits per heavy atom. The highest BCUT2D eigenvalue weighted by Crippen LogP contribution is 2.18. The molecule has 0 saturated heterocycles. The van der Waals surface area contributed by atoms with E-state index in [-0.39, 0.29) is 12.5 Å². The van der Waals surface area contributed by atoms with Crippen LogP contribution < -0.4 is 5.32 Å². The largest absolute Gasteiger partial charge is 0.394 e. The standard InChI is InChI=1S/C51H103NO4/c1-3-5-7-9-11-13-15-17-18-19-20-21-22-23-24-25-26-27-28-29-30-31-32-34-36-38-40-42-44-46-50(55)52-48(47-53)51(56)49(54)45-43-41-39-37-35-33-16-14-12-10-8-6-4-2/h48-49,51,53-54,56H,3-47H2,1-2H3,(H,52,55). The van der Waals surface area contributed by atoms with Crippen molar-refractivity contribution in [1.29, 1.82) is 0 Å². The fourth-order valence-electron chi connectivity index (χ4n) is 8.46. The van der Waals surface area contributed by atoms with E-state index < -0.39 is 18.2 Å². The van der Waals surface area contributed by atoms with Gasteiger partial charge in [0.15, 0.2) is 0 Å². The molecule has 1 amide bonds. The molecule has 0 aliphatic rings. The summed E-state index contributed by atoms with van der Waals surface area (Å²) >= 11 is 0. The normalized spacial score (nSPS) is 13.3. The van der Waals surface area contributed by atoms with Gasteiger partial charge in [0, 0.05) is 6.42 Å². The molecule has 5 nitrogen and oxygen atoms in total. The number of hydrogen-bond donors (Lipinski definition) is 4. The predicted molar refractivity (Wildman–Crippen MR) is 246 cm³/mol. The van der Waals surface area contributed by atoms with E-state index in [1.54, 1.807) is 0 Å². The molecular weight excluding hydrogens is 691 g/mol. The lowest BCUT2D eigenvalue weighted by molar-refractivity contribution is -0.124. The Balaban J connectivity index is 3.46. The van der Waals surface area contributed by atoms with Crippen molar-refractivity contribution in [2.45, 2.75) is 315 Å². The Morgan fingerprint density at radius 3 is 0.857 bits per heavy atom. The summed E-state index contributed by atoms with van der Waals surface area (Å²) in [6.45, 7) is 4.20. The molecule has 56 heavy (non-hydrogen) atoms. The van der Waals surface area contributed by atoms with Crippen LogP contribution >= 0.6 is 0 Å². The van der Waals surface area contributed by atoms with E-state index in [1.807, 2.05) is 0 Å². The van der Waals surface area contributed by atoms with E-state index in [1.165, 1.54) is 238 Å². The molecule has 3 unspecified atom stereocenters. The zero-order chi connectivity index (χ0) is 40.8.